The molecular formula is C28H30. The van der Waals surface area contributed by atoms with Gasteiger partial charge in [0.1, 0.15) is 0 Å². The molecule has 1 atom stereocenters. The number of hydrogen-bond acceptors (Lipinski definition) is 0. The van der Waals surface area contributed by atoms with Crippen molar-refractivity contribution in [2.24, 2.45) is 5.92 Å². The summed E-state index contributed by atoms with van der Waals surface area (Å²) >= 11 is 0. The van der Waals surface area contributed by atoms with Gasteiger partial charge in [-0.1, -0.05) is 86.9 Å². The van der Waals surface area contributed by atoms with E-state index in [4.69, 9.17) is 0 Å². The standard InChI is InChI=1S/C28H30/c1-2-20-8-6-7-11-26(20)24-13-12-22(18-24)23-14-16-28-25(19-23)15-17-27(28)21-9-4-3-5-10-21/h6-8,11,13-19,21,27H,2-5,9-10,12H2,1H3. The van der Waals surface area contributed by atoms with Gasteiger partial charge < -0.3 is 0 Å². The van der Waals surface area contributed by atoms with Crippen LogP contribution in [0.25, 0.3) is 17.2 Å². The topological polar surface area (TPSA) is 0 Å². The van der Waals surface area contributed by atoms with Gasteiger partial charge in [-0.05, 0) is 76.6 Å². The lowest BCUT2D eigenvalue weighted by Gasteiger charge is -2.27. The number of hydrogen-bond donors (Lipinski definition) is 0. The largest absolute Gasteiger partial charge is 0.0761 e. The van der Waals surface area contributed by atoms with Gasteiger partial charge in [-0.15, -0.1) is 0 Å². The van der Waals surface area contributed by atoms with Crippen molar-refractivity contribution >= 4 is 17.2 Å². The van der Waals surface area contributed by atoms with Crippen molar-refractivity contribution < 1.29 is 0 Å². The fraction of sp³-hybridized carbons (Fsp3) is 0.357. The minimum atomic E-state index is 0.659. The maximum Gasteiger partial charge on any atom is 0.00555 e. The van der Waals surface area contributed by atoms with Gasteiger partial charge in [0.25, 0.3) is 0 Å². The van der Waals surface area contributed by atoms with Crippen LogP contribution in [0.5, 0.6) is 0 Å². The van der Waals surface area contributed by atoms with Crippen LogP contribution in [0, 0.1) is 5.92 Å². The maximum atomic E-state index is 2.48. The highest BCUT2D eigenvalue weighted by Gasteiger charge is 2.27. The third-order valence-corrected chi connectivity index (χ3v) is 7.04. The van der Waals surface area contributed by atoms with Crippen molar-refractivity contribution in [3.05, 3.63) is 88.5 Å². The molecule has 2 aromatic carbocycles. The highest BCUT2D eigenvalue weighted by Crippen LogP contribution is 2.43. The minimum absolute atomic E-state index is 0.659. The fourth-order valence-corrected chi connectivity index (χ4v) is 5.46. The second-order valence-corrected chi connectivity index (χ2v) is 8.67. The second kappa shape index (κ2) is 7.59. The van der Waals surface area contributed by atoms with Crippen molar-refractivity contribution in [3.8, 4) is 0 Å². The van der Waals surface area contributed by atoms with E-state index in [-0.39, 0.29) is 0 Å². The number of aryl methyl sites for hydroxylation is 1. The van der Waals surface area contributed by atoms with Crippen molar-refractivity contribution in [2.75, 3.05) is 0 Å². The van der Waals surface area contributed by atoms with Gasteiger partial charge >= 0.3 is 0 Å². The van der Waals surface area contributed by atoms with Gasteiger partial charge in [0, 0.05) is 5.92 Å². The average Bonchev–Trinajstić information content (AvgIpc) is 3.41. The van der Waals surface area contributed by atoms with E-state index in [2.05, 4.69) is 73.7 Å². The number of rotatable bonds is 4. The van der Waals surface area contributed by atoms with Crippen LogP contribution in [0.3, 0.4) is 0 Å². The Bertz CT molecular complexity index is 963. The number of allylic oxidation sites excluding steroid dienone is 5. The van der Waals surface area contributed by atoms with Gasteiger partial charge in [-0.25, -0.2) is 0 Å². The molecule has 0 radical (unpaired) electrons. The molecule has 28 heavy (non-hydrogen) atoms. The fourth-order valence-electron chi connectivity index (χ4n) is 5.46. The van der Waals surface area contributed by atoms with Crippen molar-refractivity contribution in [1.82, 2.24) is 0 Å². The van der Waals surface area contributed by atoms with Crippen LogP contribution in [0.1, 0.15) is 79.2 Å². The van der Waals surface area contributed by atoms with E-state index in [1.807, 2.05) is 0 Å². The predicted octanol–water partition coefficient (Wildman–Crippen LogP) is 7.81. The molecule has 0 aliphatic heterocycles. The van der Waals surface area contributed by atoms with Crippen LogP contribution in [0.2, 0.25) is 0 Å². The van der Waals surface area contributed by atoms with E-state index in [9.17, 15) is 0 Å². The molecule has 3 aliphatic rings. The minimum Gasteiger partial charge on any atom is -0.0761 e. The maximum absolute atomic E-state index is 2.48. The summed E-state index contributed by atoms with van der Waals surface area (Å²) in [7, 11) is 0. The van der Waals surface area contributed by atoms with Gasteiger partial charge in [-0.3, -0.25) is 0 Å². The Labute approximate surface area is 169 Å². The summed E-state index contributed by atoms with van der Waals surface area (Å²) in [5.41, 5.74) is 10.1. The quantitative estimate of drug-likeness (QED) is 0.517. The first kappa shape index (κ1) is 17.7. The van der Waals surface area contributed by atoms with Crippen LogP contribution < -0.4 is 0 Å². The van der Waals surface area contributed by atoms with E-state index < -0.39 is 0 Å². The first-order valence-corrected chi connectivity index (χ1v) is 11.1. The second-order valence-electron chi connectivity index (χ2n) is 8.67. The Kier molecular flexibility index (Phi) is 4.81. The Hall–Kier alpha value is -2.34. The van der Waals surface area contributed by atoms with Gasteiger partial charge in [0.2, 0.25) is 0 Å². The first-order valence-electron chi connectivity index (χ1n) is 11.1. The Balaban J connectivity index is 1.39. The van der Waals surface area contributed by atoms with Crippen molar-refractivity contribution in [3.63, 3.8) is 0 Å². The Morgan fingerprint density at radius 3 is 2.68 bits per heavy atom. The Morgan fingerprint density at radius 2 is 1.82 bits per heavy atom. The molecule has 0 spiro atoms. The zero-order chi connectivity index (χ0) is 18.9. The summed E-state index contributed by atoms with van der Waals surface area (Å²) < 4.78 is 0. The molecule has 0 bridgehead atoms. The van der Waals surface area contributed by atoms with E-state index in [0.717, 1.165) is 18.8 Å². The average molecular weight is 367 g/mol. The SMILES string of the molecule is CCc1ccccc1C1=CCC(c2ccc3c(c2)C=CC3C2CCCCC2)=C1. The third-order valence-electron chi connectivity index (χ3n) is 7.04. The lowest BCUT2D eigenvalue weighted by Crippen LogP contribution is -2.13. The summed E-state index contributed by atoms with van der Waals surface area (Å²) in [5, 5.41) is 0. The van der Waals surface area contributed by atoms with Gasteiger partial charge in [-0.2, -0.15) is 0 Å². The highest BCUT2D eigenvalue weighted by molar-refractivity contribution is 5.90. The monoisotopic (exact) mass is 366 g/mol. The molecule has 5 rings (SSSR count). The van der Waals surface area contributed by atoms with Crippen LogP contribution in [-0.4, -0.2) is 0 Å². The molecule has 0 aromatic heterocycles. The van der Waals surface area contributed by atoms with Crippen molar-refractivity contribution in [1.29, 1.82) is 0 Å². The molecule has 142 valence electrons. The number of fused-ring (bicyclic) bond motifs is 1. The molecule has 2 aromatic rings. The van der Waals surface area contributed by atoms with Crippen LogP contribution >= 0.6 is 0 Å². The molecule has 0 heterocycles. The van der Waals surface area contributed by atoms with Crippen LogP contribution in [0.4, 0.5) is 0 Å². The number of benzene rings is 2. The van der Waals surface area contributed by atoms with Crippen molar-refractivity contribution in [2.45, 2.75) is 57.8 Å². The molecule has 1 saturated carbocycles. The van der Waals surface area contributed by atoms with Gasteiger partial charge in [0.05, 0.1) is 0 Å². The zero-order valence-electron chi connectivity index (χ0n) is 17.0. The Morgan fingerprint density at radius 1 is 0.964 bits per heavy atom. The zero-order valence-corrected chi connectivity index (χ0v) is 17.0. The summed E-state index contributed by atoms with van der Waals surface area (Å²) in [5.74, 6) is 1.52. The molecule has 0 N–H and O–H groups in total. The molecule has 0 heteroatoms. The lowest BCUT2D eigenvalue weighted by atomic mass is 9.77. The smallest absolute Gasteiger partial charge is 0.00555 e. The molecule has 0 nitrogen and oxygen atoms in total. The molecule has 0 amide bonds. The summed E-state index contributed by atoms with van der Waals surface area (Å²) in [6.07, 6.45) is 18.9. The third kappa shape index (κ3) is 3.20. The molecule has 0 saturated heterocycles. The van der Waals surface area contributed by atoms with Crippen LogP contribution in [-0.2, 0) is 6.42 Å². The van der Waals surface area contributed by atoms with Crippen LogP contribution in [0.15, 0.2) is 60.7 Å². The predicted molar refractivity (Wildman–Crippen MR) is 121 cm³/mol. The molecular weight excluding hydrogens is 336 g/mol. The van der Waals surface area contributed by atoms with E-state index in [1.165, 1.54) is 65.5 Å². The summed E-state index contributed by atoms with van der Waals surface area (Å²) in [6, 6.07) is 16.1. The summed E-state index contributed by atoms with van der Waals surface area (Å²) in [4.78, 5) is 0. The lowest BCUT2D eigenvalue weighted by molar-refractivity contribution is 0.334. The normalized spacial score (nSPS) is 21.5. The first-order chi connectivity index (χ1) is 13.8. The van der Waals surface area contributed by atoms with E-state index in [0.29, 0.717) is 5.92 Å². The van der Waals surface area contributed by atoms with E-state index in [1.54, 1.807) is 5.56 Å². The molecule has 1 fully saturated rings. The van der Waals surface area contributed by atoms with Gasteiger partial charge in [0.15, 0.2) is 0 Å². The molecule has 1 unspecified atom stereocenters. The summed E-state index contributed by atoms with van der Waals surface area (Å²) in [6.45, 7) is 2.24. The molecule has 3 aliphatic carbocycles. The highest BCUT2D eigenvalue weighted by atomic mass is 14.3. The van der Waals surface area contributed by atoms with E-state index >= 15 is 0 Å².